The number of aliphatic carboxylic acids is 1. The van der Waals surface area contributed by atoms with Gasteiger partial charge in [0, 0.05) is 18.2 Å². The summed E-state index contributed by atoms with van der Waals surface area (Å²) in [5.41, 5.74) is 0.660. The number of imide groups is 1. The molecule has 38 heavy (non-hydrogen) atoms. The number of nitrogens with zero attached hydrogens (tertiary/aromatic N) is 1. The van der Waals surface area contributed by atoms with Crippen LogP contribution in [0.5, 0.6) is 0 Å². The molecule has 1 unspecified atom stereocenters. The Hall–Kier alpha value is -2.86. The zero-order chi connectivity index (χ0) is 28.8. The van der Waals surface area contributed by atoms with Crippen molar-refractivity contribution in [3.05, 3.63) is 35.4 Å². The van der Waals surface area contributed by atoms with Crippen LogP contribution in [0, 0.1) is 5.92 Å². The molecular formula is C26H35N3O7S2. The average molecular weight is 566 g/mol. The molecule has 3 atom stereocenters. The molecule has 1 aromatic carbocycles. The molecule has 0 aliphatic carbocycles. The number of carbonyl (C=O) groups is 6. The van der Waals surface area contributed by atoms with Gasteiger partial charge in [0.25, 0.3) is 11.8 Å². The Morgan fingerprint density at radius 1 is 1.03 bits per heavy atom. The molecule has 1 aliphatic rings. The minimum atomic E-state index is -1.30. The van der Waals surface area contributed by atoms with E-state index in [9.17, 15) is 33.9 Å². The Morgan fingerprint density at radius 2 is 1.58 bits per heavy atom. The van der Waals surface area contributed by atoms with Gasteiger partial charge >= 0.3 is 5.97 Å². The third-order valence-corrected chi connectivity index (χ3v) is 7.23. The van der Waals surface area contributed by atoms with Crippen molar-refractivity contribution in [1.82, 2.24) is 15.5 Å². The van der Waals surface area contributed by atoms with Gasteiger partial charge in [-0.3, -0.25) is 28.9 Å². The van der Waals surface area contributed by atoms with Gasteiger partial charge in [-0.2, -0.15) is 12.6 Å². The number of thioether (sulfide) groups is 1. The van der Waals surface area contributed by atoms with Crippen molar-refractivity contribution in [3.8, 4) is 0 Å². The fourth-order valence-corrected chi connectivity index (χ4v) is 5.11. The van der Waals surface area contributed by atoms with E-state index in [1.807, 2.05) is 13.8 Å². The van der Waals surface area contributed by atoms with Crippen LogP contribution in [0.15, 0.2) is 24.3 Å². The predicted octanol–water partition coefficient (Wildman–Crippen LogP) is 2.52. The van der Waals surface area contributed by atoms with Crippen LogP contribution in [0.25, 0.3) is 0 Å². The second kappa shape index (κ2) is 13.3. The molecule has 0 radical (unpaired) electrons. The number of thiol groups is 1. The molecule has 3 N–H and O–H groups in total. The molecule has 0 spiro atoms. The van der Waals surface area contributed by atoms with E-state index in [4.69, 9.17) is 0 Å². The SMILES string of the molecule is CC(=O)S[C@H](CCCN1C(=O)c2ccccc2C1=O)C(=O)N[C@@H](CC(C)C)C(=O)NC(C(=O)O)C(C)(C)S. The van der Waals surface area contributed by atoms with E-state index in [2.05, 4.69) is 23.3 Å². The molecule has 0 fully saturated rings. The monoisotopic (exact) mass is 565 g/mol. The molecule has 208 valence electrons. The lowest BCUT2D eigenvalue weighted by Crippen LogP contribution is -2.57. The molecule has 4 amide bonds. The molecule has 1 heterocycles. The van der Waals surface area contributed by atoms with E-state index < -0.39 is 51.7 Å². The molecule has 0 bridgehead atoms. The first-order valence-electron chi connectivity index (χ1n) is 12.3. The number of hydrogen-bond acceptors (Lipinski definition) is 8. The number of carboxylic acid groups (broad SMARTS) is 1. The van der Waals surface area contributed by atoms with Crippen LogP contribution in [0.4, 0.5) is 0 Å². The van der Waals surface area contributed by atoms with E-state index >= 15 is 0 Å². The smallest absolute Gasteiger partial charge is 0.327 e. The number of hydrogen-bond donors (Lipinski definition) is 4. The van der Waals surface area contributed by atoms with Gasteiger partial charge in [-0.1, -0.05) is 37.7 Å². The molecule has 12 heteroatoms. The van der Waals surface area contributed by atoms with Crippen molar-refractivity contribution in [2.24, 2.45) is 5.92 Å². The van der Waals surface area contributed by atoms with Gasteiger partial charge in [0.05, 0.1) is 16.4 Å². The Labute approximate surface area is 232 Å². The van der Waals surface area contributed by atoms with Crippen LogP contribution in [0.3, 0.4) is 0 Å². The topological polar surface area (TPSA) is 150 Å². The zero-order valence-electron chi connectivity index (χ0n) is 22.1. The summed E-state index contributed by atoms with van der Waals surface area (Å²) in [6.07, 6.45) is 0.671. The number of fused-ring (bicyclic) bond motifs is 1. The van der Waals surface area contributed by atoms with Crippen molar-refractivity contribution < 1.29 is 33.9 Å². The lowest BCUT2D eigenvalue weighted by Gasteiger charge is -2.30. The minimum absolute atomic E-state index is 0.00827. The maximum atomic E-state index is 13.2. The first-order chi connectivity index (χ1) is 17.6. The molecule has 2 rings (SSSR count). The van der Waals surface area contributed by atoms with Crippen molar-refractivity contribution in [2.45, 2.75) is 76.0 Å². The summed E-state index contributed by atoms with van der Waals surface area (Å²) in [6, 6.07) is 4.19. The Bertz CT molecular complexity index is 1070. The standard InChI is InChI=1S/C26H35N3O7S2/c1-14(2)13-18(21(31)28-20(25(35)36)26(4,5)37)27-22(32)19(38-15(3)30)11-8-12-29-23(33)16-9-6-7-10-17(16)24(29)34/h6-7,9-10,14,18-20,37H,8,11-13H2,1-5H3,(H,27,32)(H,28,31)(H,35,36)/t18-,19+,20?/m0/s1. The van der Waals surface area contributed by atoms with Gasteiger partial charge in [0.1, 0.15) is 12.1 Å². The highest BCUT2D eigenvalue weighted by Gasteiger charge is 2.37. The fourth-order valence-electron chi connectivity index (χ4n) is 4.07. The summed E-state index contributed by atoms with van der Waals surface area (Å²) in [5, 5.41) is 13.5. The largest absolute Gasteiger partial charge is 0.480 e. The van der Waals surface area contributed by atoms with Crippen LogP contribution in [-0.2, 0) is 19.2 Å². The zero-order valence-corrected chi connectivity index (χ0v) is 23.9. The lowest BCUT2D eigenvalue weighted by atomic mass is 9.99. The Kier molecular flexibility index (Phi) is 11.0. The molecule has 10 nitrogen and oxygen atoms in total. The molecule has 0 saturated carbocycles. The number of rotatable bonds is 13. The van der Waals surface area contributed by atoms with E-state index in [0.717, 1.165) is 16.7 Å². The maximum absolute atomic E-state index is 13.2. The molecule has 0 aromatic heterocycles. The van der Waals surface area contributed by atoms with Crippen molar-refractivity contribution >= 4 is 59.1 Å². The summed E-state index contributed by atoms with van der Waals surface area (Å²) >= 11 is 5.07. The van der Waals surface area contributed by atoms with Gasteiger partial charge in [0.15, 0.2) is 5.12 Å². The van der Waals surface area contributed by atoms with Crippen LogP contribution < -0.4 is 10.6 Å². The van der Waals surface area contributed by atoms with E-state index in [0.29, 0.717) is 11.1 Å². The highest BCUT2D eigenvalue weighted by Crippen LogP contribution is 2.25. The van der Waals surface area contributed by atoms with Crippen LogP contribution in [0.1, 0.15) is 74.6 Å². The molecule has 0 saturated heterocycles. The van der Waals surface area contributed by atoms with E-state index in [1.54, 1.807) is 38.1 Å². The number of carboxylic acids is 1. The van der Waals surface area contributed by atoms with Gasteiger partial charge < -0.3 is 15.7 Å². The summed E-state index contributed by atoms with van der Waals surface area (Å²) in [7, 11) is 0. The highest BCUT2D eigenvalue weighted by atomic mass is 32.2. The third-order valence-electron chi connectivity index (χ3n) is 5.91. The molecule has 1 aromatic rings. The highest BCUT2D eigenvalue weighted by molar-refractivity contribution is 8.14. The van der Waals surface area contributed by atoms with Crippen molar-refractivity contribution in [1.29, 1.82) is 0 Å². The van der Waals surface area contributed by atoms with Crippen molar-refractivity contribution in [2.75, 3.05) is 6.54 Å². The first kappa shape index (κ1) is 31.4. The first-order valence-corrected chi connectivity index (χ1v) is 13.6. The van der Waals surface area contributed by atoms with E-state index in [-0.39, 0.29) is 36.8 Å². The van der Waals surface area contributed by atoms with Crippen LogP contribution >= 0.6 is 24.4 Å². The van der Waals surface area contributed by atoms with Crippen LogP contribution in [0.2, 0.25) is 0 Å². The summed E-state index contributed by atoms with van der Waals surface area (Å²) in [4.78, 5) is 76.1. The minimum Gasteiger partial charge on any atom is -0.480 e. The molecular weight excluding hydrogens is 530 g/mol. The second-order valence-corrected chi connectivity index (χ2v) is 12.7. The summed E-state index contributed by atoms with van der Waals surface area (Å²) < 4.78 is -1.06. The van der Waals surface area contributed by atoms with Crippen LogP contribution in [-0.4, -0.2) is 73.3 Å². The van der Waals surface area contributed by atoms with Gasteiger partial charge in [-0.25, -0.2) is 4.79 Å². The van der Waals surface area contributed by atoms with Gasteiger partial charge in [-0.15, -0.1) is 0 Å². The normalized spacial score (nSPS) is 15.6. The predicted molar refractivity (Wildman–Crippen MR) is 147 cm³/mol. The Balaban J connectivity index is 2.10. The number of nitrogens with one attached hydrogen (secondary N) is 2. The van der Waals surface area contributed by atoms with Gasteiger partial charge in [-0.05, 0) is 51.2 Å². The van der Waals surface area contributed by atoms with Gasteiger partial charge in [0.2, 0.25) is 11.8 Å². The maximum Gasteiger partial charge on any atom is 0.327 e. The number of carbonyl (C=O) groups excluding carboxylic acids is 5. The lowest BCUT2D eigenvalue weighted by molar-refractivity contribution is -0.143. The average Bonchev–Trinajstić information content (AvgIpc) is 3.04. The Morgan fingerprint density at radius 3 is 2.03 bits per heavy atom. The van der Waals surface area contributed by atoms with E-state index in [1.165, 1.54) is 6.92 Å². The number of benzene rings is 1. The quantitative estimate of drug-likeness (QED) is 0.211. The number of amides is 4. The third kappa shape index (κ3) is 8.32. The second-order valence-electron chi connectivity index (χ2n) is 10.2. The summed E-state index contributed by atoms with van der Waals surface area (Å²) in [5.74, 6) is -3.30. The fraction of sp³-hybridized carbons (Fsp3) is 0.538. The van der Waals surface area contributed by atoms with Crippen molar-refractivity contribution in [3.63, 3.8) is 0 Å². The summed E-state index contributed by atoms with van der Waals surface area (Å²) in [6.45, 7) is 8.21. The molecule has 1 aliphatic heterocycles.